The van der Waals surface area contributed by atoms with Crippen LogP contribution in [0.5, 0.6) is 11.5 Å². The number of aromatic nitrogens is 1. The molecule has 126 valence electrons. The molecule has 2 aliphatic heterocycles. The van der Waals surface area contributed by atoms with Gasteiger partial charge in [0.1, 0.15) is 0 Å². The van der Waals surface area contributed by atoms with Gasteiger partial charge in [0.15, 0.2) is 23.0 Å². The van der Waals surface area contributed by atoms with Crippen LogP contribution in [0, 0.1) is 11.8 Å². The Hall–Kier alpha value is -2.50. The molecule has 0 radical (unpaired) electrons. The fourth-order valence-corrected chi connectivity index (χ4v) is 3.55. The van der Waals surface area contributed by atoms with Gasteiger partial charge in [-0.05, 0) is 36.5 Å². The Kier molecular flexibility index (Phi) is 3.67. The van der Waals surface area contributed by atoms with E-state index in [4.69, 9.17) is 14.0 Å². The average Bonchev–Trinajstić information content (AvgIpc) is 3.21. The van der Waals surface area contributed by atoms with Crippen LogP contribution in [-0.4, -0.2) is 35.8 Å². The van der Waals surface area contributed by atoms with E-state index in [1.807, 2.05) is 23.1 Å². The Morgan fingerprint density at radius 2 is 1.88 bits per heavy atom. The van der Waals surface area contributed by atoms with Crippen LogP contribution in [0.1, 0.15) is 30.8 Å². The Labute approximate surface area is 140 Å². The van der Waals surface area contributed by atoms with Crippen molar-refractivity contribution in [3.05, 3.63) is 30.0 Å². The first-order chi connectivity index (χ1) is 11.6. The standard InChI is InChI=1S/C18H20N2O4/c1-11-5-12(2)9-20(8-11)18(21)14-7-16(24-19-14)13-3-4-15-17(6-13)23-10-22-15/h3-4,6-7,11-12H,5,8-10H2,1-2H3/t11-,12-/m0/s1. The molecule has 4 rings (SSSR count). The fraction of sp³-hybridized carbons (Fsp3) is 0.444. The molecule has 1 aromatic heterocycles. The highest BCUT2D eigenvalue weighted by Gasteiger charge is 2.28. The highest BCUT2D eigenvalue weighted by Crippen LogP contribution is 2.36. The number of piperidine rings is 1. The monoisotopic (exact) mass is 328 g/mol. The number of nitrogens with zero attached hydrogens (tertiary/aromatic N) is 2. The van der Waals surface area contributed by atoms with E-state index in [1.54, 1.807) is 6.07 Å². The van der Waals surface area contributed by atoms with Gasteiger partial charge >= 0.3 is 0 Å². The normalized spacial score (nSPS) is 22.7. The molecule has 0 N–H and O–H groups in total. The molecule has 3 heterocycles. The number of likely N-dealkylation sites (tertiary alicyclic amines) is 1. The number of amides is 1. The molecule has 0 unspecified atom stereocenters. The SMILES string of the molecule is C[C@H]1C[C@H](C)CN(C(=O)c2cc(-c3ccc4c(c3)OCO4)on2)C1. The van der Waals surface area contributed by atoms with Crippen LogP contribution in [0.4, 0.5) is 0 Å². The zero-order chi connectivity index (χ0) is 16.7. The molecule has 24 heavy (non-hydrogen) atoms. The van der Waals surface area contributed by atoms with Gasteiger partial charge in [-0.3, -0.25) is 4.79 Å². The lowest BCUT2D eigenvalue weighted by Crippen LogP contribution is -2.42. The molecule has 0 saturated carbocycles. The minimum absolute atomic E-state index is 0.0656. The summed E-state index contributed by atoms with van der Waals surface area (Å²) in [4.78, 5) is 14.6. The minimum atomic E-state index is -0.0656. The molecule has 2 aromatic rings. The number of hydrogen-bond acceptors (Lipinski definition) is 5. The van der Waals surface area contributed by atoms with Crippen molar-refractivity contribution in [2.24, 2.45) is 11.8 Å². The van der Waals surface area contributed by atoms with E-state index in [1.165, 1.54) is 0 Å². The fourth-order valence-electron chi connectivity index (χ4n) is 3.55. The van der Waals surface area contributed by atoms with Crippen molar-refractivity contribution in [1.29, 1.82) is 0 Å². The predicted molar refractivity (Wildman–Crippen MR) is 86.9 cm³/mol. The van der Waals surface area contributed by atoms with Crippen LogP contribution < -0.4 is 9.47 Å². The Bertz CT molecular complexity index is 760. The van der Waals surface area contributed by atoms with Crippen LogP contribution in [0.15, 0.2) is 28.8 Å². The number of carbonyl (C=O) groups is 1. The second-order valence-corrected chi connectivity index (χ2v) is 6.80. The van der Waals surface area contributed by atoms with Crippen molar-refractivity contribution in [1.82, 2.24) is 10.1 Å². The first-order valence-corrected chi connectivity index (χ1v) is 8.26. The summed E-state index contributed by atoms with van der Waals surface area (Å²) in [5.74, 6) is 2.90. The summed E-state index contributed by atoms with van der Waals surface area (Å²) >= 11 is 0. The molecule has 1 amide bonds. The lowest BCUT2D eigenvalue weighted by Gasteiger charge is -2.34. The van der Waals surface area contributed by atoms with Crippen LogP contribution in [-0.2, 0) is 0 Å². The number of benzene rings is 1. The van der Waals surface area contributed by atoms with Gasteiger partial charge in [-0.2, -0.15) is 0 Å². The summed E-state index contributed by atoms with van der Waals surface area (Å²) < 4.78 is 16.1. The first-order valence-electron chi connectivity index (χ1n) is 8.26. The lowest BCUT2D eigenvalue weighted by atomic mass is 9.92. The molecular weight excluding hydrogens is 308 g/mol. The molecule has 0 spiro atoms. The van der Waals surface area contributed by atoms with Crippen molar-refractivity contribution in [2.45, 2.75) is 20.3 Å². The maximum atomic E-state index is 12.7. The Morgan fingerprint density at radius 3 is 2.67 bits per heavy atom. The van der Waals surface area contributed by atoms with Crippen LogP contribution >= 0.6 is 0 Å². The van der Waals surface area contributed by atoms with E-state index in [0.29, 0.717) is 34.8 Å². The first kappa shape index (κ1) is 15.1. The number of rotatable bonds is 2. The van der Waals surface area contributed by atoms with Crippen molar-refractivity contribution in [2.75, 3.05) is 19.9 Å². The van der Waals surface area contributed by atoms with Crippen molar-refractivity contribution < 1.29 is 18.8 Å². The highest BCUT2D eigenvalue weighted by atomic mass is 16.7. The van der Waals surface area contributed by atoms with Gasteiger partial charge in [0, 0.05) is 24.7 Å². The van der Waals surface area contributed by atoms with Gasteiger partial charge in [-0.1, -0.05) is 19.0 Å². The Morgan fingerprint density at radius 1 is 1.12 bits per heavy atom. The van der Waals surface area contributed by atoms with E-state index in [0.717, 1.165) is 25.1 Å². The summed E-state index contributed by atoms with van der Waals surface area (Å²) in [6.45, 7) is 6.13. The number of ether oxygens (including phenoxy) is 2. The predicted octanol–water partition coefficient (Wildman–Crippen LogP) is 3.19. The van der Waals surface area contributed by atoms with E-state index in [9.17, 15) is 4.79 Å². The van der Waals surface area contributed by atoms with Gasteiger partial charge in [0.05, 0.1) is 0 Å². The van der Waals surface area contributed by atoms with Gasteiger partial charge in [-0.25, -0.2) is 0 Å². The smallest absolute Gasteiger partial charge is 0.276 e. The molecule has 0 aliphatic carbocycles. The summed E-state index contributed by atoms with van der Waals surface area (Å²) in [5.41, 5.74) is 1.16. The topological polar surface area (TPSA) is 64.8 Å². The zero-order valence-electron chi connectivity index (χ0n) is 13.8. The van der Waals surface area contributed by atoms with Crippen LogP contribution in [0.3, 0.4) is 0 Å². The lowest BCUT2D eigenvalue weighted by molar-refractivity contribution is 0.0613. The maximum Gasteiger partial charge on any atom is 0.276 e. The van der Waals surface area contributed by atoms with Gasteiger partial charge in [-0.15, -0.1) is 0 Å². The summed E-state index contributed by atoms with van der Waals surface area (Å²) in [6, 6.07) is 7.23. The highest BCUT2D eigenvalue weighted by molar-refractivity contribution is 5.93. The Balaban J connectivity index is 1.55. The summed E-state index contributed by atoms with van der Waals surface area (Å²) in [6.07, 6.45) is 1.16. The molecular formula is C18H20N2O4. The van der Waals surface area contributed by atoms with Crippen molar-refractivity contribution in [3.8, 4) is 22.8 Å². The van der Waals surface area contributed by atoms with Crippen LogP contribution in [0.25, 0.3) is 11.3 Å². The van der Waals surface area contributed by atoms with Crippen LogP contribution in [0.2, 0.25) is 0 Å². The van der Waals surface area contributed by atoms with Crippen molar-refractivity contribution in [3.63, 3.8) is 0 Å². The maximum absolute atomic E-state index is 12.7. The summed E-state index contributed by atoms with van der Waals surface area (Å²) in [7, 11) is 0. The third kappa shape index (κ3) is 2.72. The number of fused-ring (bicyclic) bond motifs is 1. The summed E-state index contributed by atoms with van der Waals surface area (Å²) in [5, 5.41) is 3.97. The molecule has 2 aliphatic rings. The number of hydrogen-bond donors (Lipinski definition) is 0. The van der Waals surface area contributed by atoms with Gasteiger partial charge < -0.3 is 18.9 Å². The largest absolute Gasteiger partial charge is 0.454 e. The molecule has 0 bridgehead atoms. The van der Waals surface area contributed by atoms with E-state index in [-0.39, 0.29) is 12.7 Å². The average molecular weight is 328 g/mol. The third-order valence-electron chi connectivity index (χ3n) is 4.54. The van der Waals surface area contributed by atoms with E-state index in [2.05, 4.69) is 19.0 Å². The van der Waals surface area contributed by atoms with Gasteiger partial charge in [0.25, 0.3) is 5.91 Å². The van der Waals surface area contributed by atoms with Crippen molar-refractivity contribution >= 4 is 5.91 Å². The molecule has 6 nitrogen and oxygen atoms in total. The van der Waals surface area contributed by atoms with Gasteiger partial charge in [0.2, 0.25) is 6.79 Å². The second-order valence-electron chi connectivity index (χ2n) is 6.80. The third-order valence-corrected chi connectivity index (χ3v) is 4.54. The molecule has 1 fully saturated rings. The molecule has 6 heteroatoms. The number of carbonyl (C=O) groups excluding carboxylic acids is 1. The van der Waals surface area contributed by atoms with E-state index >= 15 is 0 Å². The quantitative estimate of drug-likeness (QED) is 0.847. The molecule has 2 atom stereocenters. The molecule has 1 aromatic carbocycles. The molecule has 1 saturated heterocycles. The zero-order valence-corrected chi connectivity index (χ0v) is 13.8. The van der Waals surface area contributed by atoms with E-state index < -0.39 is 0 Å². The second kappa shape index (κ2) is 5.85. The minimum Gasteiger partial charge on any atom is -0.454 e.